The maximum Gasteiger partial charge on any atom is 0.323 e. The molecule has 24 heavy (non-hydrogen) atoms. The van der Waals surface area contributed by atoms with Crippen molar-refractivity contribution in [2.45, 2.75) is 35.3 Å². The molecular formula is C15H21NO7S. The molecule has 1 aromatic carbocycles. The SMILES string of the molecule is COc1ccc(S(=O)(=O)C2CCCOC2N[C@@H](CO)C(=O)O)cc1. The maximum atomic E-state index is 12.9. The zero-order valence-corrected chi connectivity index (χ0v) is 14.0. The lowest BCUT2D eigenvalue weighted by Crippen LogP contribution is -2.55. The molecule has 1 aliphatic rings. The minimum absolute atomic E-state index is 0.112. The van der Waals surface area contributed by atoms with E-state index < -0.39 is 39.9 Å². The van der Waals surface area contributed by atoms with E-state index in [2.05, 4.69) is 5.32 Å². The topological polar surface area (TPSA) is 122 Å². The average Bonchev–Trinajstić information content (AvgIpc) is 2.59. The minimum Gasteiger partial charge on any atom is -0.497 e. The molecule has 1 aliphatic heterocycles. The van der Waals surface area contributed by atoms with E-state index in [-0.39, 0.29) is 4.90 Å². The monoisotopic (exact) mass is 359 g/mol. The molecule has 134 valence electrons. The molecule has 3 atom stereocenters. The summed E-state index contributed by atoms with van der Waals surface area (Å²) in [5.74, 6) is -0.734. The highest BCUT2D eigenvalue weighted by Crippen LogP contribution is 2.27. The number of carboxylic acids is 1. The fourth-order valence-corrected chi connectivity index (χ4v) is 4.39. The number of methoxy groups -OCH3 is 1. The third-order valence-electron chi connectivity index (χ3n) is 3.90. The molecule has 0 radical (unpaired) electrons. The first-order valence-corrected chi connectivity index (χ1v) is 9.04. The summed E-state index contributed by atoms with van der Waals surface area (Å²) >= 11 is 0. The molecule has 8 nitrogen and oxygen atoms in total. The minimum atomic E-state index is -3.73. The summed E-state index contributed by atoms with van der Waals surface area (Å²) in [7, 11) is -2.25. The van der Waals surface area contributed by atoms with Gasteiger partial charge in [0.25, 0.3) is 0 Å². The predicted molar refractivity (Wildman–Crippen MR) is 84.6 cm³/mol. The van der Waals surface area contributed by atoms with Crippen LogP contribution in [0.4, 0.5) is 0 Å². The number of rotatable bonds is 7. The van der Waals surface area contributed by atoms with E-state index in [0.717, 1.165) is 0 Å². The van der Waals surface area contributed by atoms with Crippen molar-refractivity contribution in [3.05, 3.63) is 24.3 Å². The van der Waals surface area contributed by atoms with E-state index in [4.69, 9.17) is 19.7 Å². The van der Waals surface area contributed by atoms with Gasteiger partial charge in [0.2, 0.25) is 0 Å². The molecule has 1 saturated heterocycles. The van der Waals surface area contributed by atoms with Crippen molar-refractivity contribution in [1.29, 1.82) is 0 Å². The Morgan fingerprint density at radius 1 is 1.42 bits per heavy atom. The van der Waals surface area contributed by atoms with E-state index in [1.54, 1.807) is 12.1 Å². The summed E-state index contributed by atoms with van der Waals surface area (Å²) in [6.45, 7) is -0.339. The molecule has 2 rings (SSSR count). The van der Waals surface area contributed by atoms with Crippen molar-refractivity contribution < 1.29 is 32.9 Å². The van der Waals surface area contributed by atoms with Crippen LogP contribution in [0.2, 0.25) is 0 Å². The van der Waals surface area contributed by atoms with E-state index in [9.17, 15) is 13.2 Å². The Morgan fingerprint density at radius 2 is 2.08 bits per heavy atom. The van der Waals surface area contributed by atoms with Crippen LogP contribution in [0, 0.1) is 0 Å². The highest BCUT2D eigenvalue weighted by molar-refractivity contribution is 7.92. The van der Waals surface area contributed by atoms with Crippen LogP contribution in [0.1, 0.15) is 12.8 Å². The summed E-state index contributed by atoms with van der Waals surface area (Å²) in [4.78, 5) is 11.2. The van der Waals surface area contributed by atoms with Gasteiger partial charge in [0.05, 0.1) is 18.6 Å². The van der Waals surface area contributed by atoms with Gasteiger partial charge in [-0.15, -0.1) is 0 Å². The molecule has 0 amide bonds. The first kappa shape index (κ1) is 18.7. The van der Waals surface area contributed by atoms with Crippen LogP contribution in [-0.4, -0.2) is 62.4 Å². The van der Waals surface area contributed by atoms with Crippen LogP contribution in [0.3, 0.4) is 0 Å². The first-order valence-electron chi connectivity index (χ1n) is 7.49. The smallest absolute Gasteiger partial charge is 0.323 e. The second-order valence-electron chi connectivity index (χ2n) is 5.43. The second-order valence-corrected chi connectivity index (χ2v) is 7.60. The fourth-order valence-electron chi connectivity index (χ4n) is 2.57. The molecule has 3 N–H and O–H groups in total. The number of hydrogen-bond acceptors (Lipinski definition) is 7. The van der Waals surface area contributed by atoms with Crippen molar-refractivity contribution in [3.8, 4) is 5.75 Å². The highest BCUT2D eigenvalue weighted by atomic mass is 32.2. The number of aliphatic hydroxyl groups excluding tert-OH is 1. The standard InChI is InChI=1S/C15H21NO7S/c1-22-10-4-6-11(7-5-10)24(20,21)13-3-2-8-23-14(13)16-12(9-17)15(18)19/h4-7,12-14,16-17H,2-3,8-9H2,1H3,(H,18,19)/t12-,13?,14?/m0/s1. The molecule has 0 saturated carbocycles. The summed E-state index contributed by atoms with van der Waals surface area (Å²) in [6.07, 6.45) is -0.113. The highest BCUT2D eigenvalue weighted by Gasteiger charge is 2.39. The van der Waals surface area contributed by atoms with Gasteiger partial charge in [0, 0.05) is 6.61 Å². The number of benzene rings is 1. The third kappa shape index (κ3) is 4.04. The fraction of sp³-hybridized carbons (Fsp3) is 0.533. The number of ether oxygens (including phenoxy) is 2. The maximum absolute atomic E-state index is 12.9. The van der Waals surface area contributed by atoms with Crippen LogP contribution in [0.15, 0.2) is 29.2 Å². The van der Waals surface area contributed by atoms with Gasteiger partial charge in [-0.1, -0.05) is 0 Å². The van der Waals surface area contributed by atoms with E-state index in [1.165, 1.54) is 19.2 Å². The van der Waals surface area contributed by atoms with Gasteiger partial charge in [-0.2, -0.15) is 0 Å². The van der Waals surface area contributed by atoms with Crippen LogP contribution in [0.25, 0.3) is 0 Å². The van der Waals surface area contributed by atoms with E-state index in [1.807, 2.05) is 0 Å². The number of carboxylic acid groups (broad SMARTS) is 1. The van der Waals surface area contributed by atoms with Gasteiger partial charge < -0.3 is 19.7 Å². The van der Waals surface area contributed by atoms with Gasteiger partial charge in [-0.05, 0) is 37.1 Å². The van der Waals surface area contributed by atoms with Crippen molar-refractivity contribution in [2.24, 2.45) is 0 Å². The first-order chi connectivity index (χ1) is 11.4. The number of nitrogens with one attached hydrogen (secondary N) is 1. The van der Waals surface area contributed by atoms with Gasteiger partial charge in [-0.3, -0.25) is 10.1 Å². The molecule has 2 unspecified atom stereocenters. The van der Waals surface area contributed by atoms with Gasteiger partial charge in [-0.25, -0.2) is 8.42 Å². The van der Waals surface area contributed by atoms with Crippen LogP contribution >= 0.6 is 0 Å². The van der Waals surface area contributed by atoms with Crippen LogP contribution in [-0.2, 0) is 19.4 Å². The molecule has 1 aromatic rings. The summed E-state index contributed by atoms with van der Waals surface area (Å²) in [6, 6.07) is 4.70. The second kappa shape index (κ2) is 7.93. The molecule has 0 aromatic heterocycles. The van der Waals surface area contributed by atoms with Crippen molar-refractivity contribution in [2.75, 3.05) is 20.3 Å². The molecule has 0 spiro atoms. The summed E-state index contributed by atoms with van der Waals surface area (Å²) < 4.78 is 36.2. The Hall–Kier alpha value is -1.68. The lowest BCUT2D eigenvalue weighted by molar-refractivity contribution is -0.142. The van der Waals surface area contributed by atoms with Crippen LogP contribution in [0.5, 0.6) is 5.75 Å². The zero-order chi connectivity index (χ0) is 17.7. The molecule has 0 bridgehead atoms. The zero-order valence-electron chi connectivity index (χ0n) is 13.2. The van der Waals surface area contributed by atoms with E-state index in [0.29, 0.717) is 25.2 Å². The molecule has 1 heterocycles. The number of sulfone groups is 1. The molecule has 1 fully saturated rings. The Labute approximate surface area is 140 Å². The Morgan fingerprint density at radius 3 is 2.62 bits per heavy atom. The predicted octanol–water partition coefficient (Wildman–Crippen LogP) is 0.00910. The Kier molecular flexibility index (Phi) is 6.16. The number of aliphatic hydroxyl groups is 1. The number of aliphatic carboxylic acids is 1. The molecular weight excluding hydrogens is 338 g/mol. The van der Waals surface area contributed by atoms with Crippen molar-refractivity contribution in [1.82, 2.24) is 5.32 Å². The Bertz CT molecular complexity index is 659. The van der Waals surface area contributed by atoms with Gasteiger partial charge in [0.15, 0.2) is 9.84 Å². The molecule has 0 aliphatic carbocycles. The summed E-state index contributed by atoms with van der Waals surface area (Å²) in [5, 5.41) is 19.8. The third-order valence-corrected chi connectivity index (χ3v) is 6.11. The van der Waals surface area contributed by atoms with Gasteiger partial charge >= 0.3 is 5.97 Å². The average molecular weight is 359 g/mol. The summed E-state index contributed by atoms with van der Waals surface area (Å²) in [5.41, 5.74) is 0. The van der Waals surface area contributed by atoms with E-state index >= 15 is 0 Å². The van der Waals surface area contributed by atoms with Crippen LogP contribution < -0.4 is 10.1 Å². The normalized spacial score (nSPS) is 22.8. The number of hydrogen-bond donors (Lipinski definition) is 3. The quantitative estimate of drug-likeness (QED) is 0.622. The van der Waals surface area contributed by atoms with Crippen molar-refractivity contribution in [3.63, 3.8) is 0 Å². The largest absolute Gasteiger partial charge is 0.497 e. The Balaban J connectivity index is 2.25. The molecule has 9 heteroatoms. The lowest BCUT2D eigenvalue weighted by Gasteiger charge is -2.33. The van der Waals surface area contributed by atoms with Gasteiger partial charge in [0.1, 0.15) is 23.3 Å². The van der Waals surface area contributed by atoms with Crippen molar-refractivity contribution >= 4 is 15.8 Å². The number of carbonyl (C=O) groups is 1. The lowest BCUT2D eigenvalue weighted by atomic mass is 10.1.